The summed E-state index contributed by atoms with van der Waals surface area (Å²) in [7, 11) is 2.21. The fourth-order valence-electron chi connectivity index (χ4n) is 5.59. The first-order valence-electron chi connectivity index (χ1n) is 10.3. The van der Waals surface area contributed by atoms with Crippen LogP contribution < -0.4 is 9.80 Å². The molecule has 6 rings (SSSR count). The lowest BCUT2D eigenvalue weighted by Gasteiger charge is -2.62. The molecule has 144 valence electrons. The quantitative estimate of drug-likeness (QED) is 0.804. The maximum Gasteiger partial charge on any atom is 0.137 e. The second-order valence-corrected chi connectivity index (χ2v) is 8.90. The lowest BCUT2D eigenvalue weighted by atomic mass is 9.77. The van der Waals surface area contributed by atoms with Crippen LogP contribution in [0.4, 0.5) is 11.5 Å². The van der Waals surface area contributed by atoms with Crippen molar-refractivity contribution in [2.45, 2.75) is 44.3 Å². The van der Waals surface area contributed by atoms with E-state index in [4.69, 9.17) is 4.98 Å². The Balaban J connectivity index is 1.39. The third kappa shape index (κ3) is 2.21. The SMILES string of the molecule is C[C@@H]1Cc2ncnc(N3CCC34CN(C)C4)c2CN1c1ccnc2c1C=CC2. The Kier molecular flexibility index (Phi) is 3.39. The summed E-state index contributed by atoms with van der Waals surface area (Å²) in [4.78, 5) is 21.5. The second kappa shape index (κ2) is 5.77. The monoisotopic (exact) mass is 374 g/mol. The Morgan fingerprint density at radius 2 is 2.04 bits per heavy atom. The van der Waals surface area contributed by atoms with Gasteiger partial charge in [-0.05, 0) is 26.5 Å². The maximum atomic E-state index is 4.79. The van der Waals surface area contributed by atoms with E-state index in [0.29, 0.717) is 11.6 Å². The number of hydrogen-bond donors (Lipinski definition) is 0. The Morgan fingerprint density at radius 1 is 1.14 bits per heavy atom. The van der Waals surface area contributed by atoms with Gasteiger partial charge in [-0.25, -0.2) is 9.97 Å². The molecule has 0 bridgehead atoms. The Bertz CT molecular complexity index is 977. The van der Waals surface area contributed by atoms with Gasteiger partial charge in [0.25, 0.3) is 0 Å². The number of rotatable bonds is 2. The second-order valence-electron chi connectivity index (χ2n) is 8.90. The number of fused-ring (bicyclic) bond motifs is 2. The van der Waals surface area contributed by atoms with E-state index in [1.54, 1.807) is 6.33 Å². The van der Waals surface area contributed by atoms with Crippen LogP contribution in [0.5, 0.6) is 0 Å². The highest BCUT2D eigenvalue weighted by atomic mass is 15.4. The zero-order valence-electron chi connectivity index (χ0n) is 16.6. The van der Waals surface area contributed by atoms with Crippen molar-refractivity contribution in [1.29, 1.82) is 0 Å². The first kappa shape index (κ1) is 16.5. The highest BCUT2D eigenvalue weighted by Gasteiger charge is 2.53. The summed E-state index contributed by atoms with van der Waals surface area (Å²) in [5.41, 5.74) is 6.64. The number of pyridine rings is 1. The number of anilines is 2. The number of hydrogen-bond acceptors (Lipinski definition) is 6. The summed E-state index contributed by atoms with van der Waals surface area (Å²) in [6, 6.07) is 2.58. The topological polar surface area (TPSA) is 48.4 Å². The van der Waals surface area contributed by atoms with Crippen LogP contribution in [0.15, 0.2) is 24.7 Å². The molecular weight excluding hydrogens is 348 g/mol. The van der Waals surface area contributed by atoms with Crippen molar-refractivity contribution in [3.63, 3.8) is 0 Å². The maximum absolute atomic E-state index is 4.79. The predicted molar refractivity (Wildman–Crippen MR) is 111 cm³/mol. The van der Waals surface area contributed by atoms with E-state index in [1.165, 1.54) is 40.4 Å². The van der Waals surface area contributed by atoms with Crippen molar-refractivity contribution in [1.82, 2.24) is 19.9 Å². The lowest BCUT2D eigenvalue weighted by molar-refractivity contribution is 0.0459. The molecule has 4 aliphatic rings. The molecule has 0 radical (unpaired) electrons. The fourth-order valence-corrected chi connectivity index (χ4v) is 5.59. The van der Waals surface area contributed by atoms with Crippen LogP contribution in [0.25, 0.3) is 6.08 Å². The average molecular weight is 374 g/mol. The number of nitrogens with zero attached hydrogens (tertiary/aromatic N) is 6. The van der Waals surface area contributed by atoms with Crippen molar-refractivity contribution in [2.24, 2.45) is 0 Å². The normalized spacial score (nSPS) is 24.7. The van der Waals surface area contributed by atoms with Gasteiger partial charge in [-0.15, -0.1) is 0 Å². The van der Waals surface area contributed by atoms with Gasteiger partial charge in [0.2, 0.25) is 0 Å². The van der Waals surface area contributed by atoms with Crippen LogP contribution in [0.1, 0.15) is 35.9 Å². The molecule has 3 aliphatic heterocycles. The number of likely N-dealkylation sites (N-methyl/N-ethyl adjacent to an activating group) is 1. The molecule has 28 heavy (non-hydrogen) atoms. The van der Waals surface area contributed by atoms with Crippen LogP contribution >= 0.6 is 0 Å². The zero-order chi connectivity index (χ0) is 18.9. The van der Waals surface area contributed by atoms with Gasteiger partial charge >= 0.3 is 0 Å². The van der Waals surface area contributed by atoms with Gasteiger partial charge in [-0.3, -0.25) is 4.98 Å². The van der Waals surface area contributed by atoms with E-state index in [1.807, 2.05) is 6.20 Å². The standard InChI is InChI=1S/C22H26N6/c1-15-10-19-17(11-27(15)20-6-8-23-18-5-3-4-16(18)20)21(25-14-24-19)28-9-7-22(28)12-26(2)13-22/h3-4,6,8,14-15H,5,7,9-13H2,1-2H3/t15-/m1/s1. The van der Waals surface area contributed by atoms with Crippen LogP contribution in [0.2, 0.25) is 0 Å². The third-order valence-corrected chi connectivity index (χ3v) is 7.07. The molecule has 1 aliphatic carbocycles. The van der Waals surface area contributed by atoms with E-state index in [-0.39, 0.29) is 0 Å². The van der Waals surface area contributed by atoms with Gasteiger partial charge in [0.1, 0.15) is 12.1 Å². The van der Waals surface area contributed by atoms with Gasteiger partial charge in [-0.2, -0.15) is 0 Å². The molecule has 0 unspecified atom stereocenters. The van der Waals surface area contributed by atoms with Gasteiger partial charge in [0.05, 0.1) is 16.9 Å². The predicted octanol–water partition coefficient (Wildman–Crippen LogP) is 2.29. The first-order chi connectivity index (χ1) is 13.6. The molecule has 6 nitrogen and oxygen atoms in total. The molecule has 0 saturated carbocycles. The number of allylic oxidation sites excluding steroid dienone is 1. The van der Waals surface area contributed by atoms with Gasteiger partial charge in [0, 0.05) is 68.1 Å². The van der Waals surface area contributed by atoms with Crippen LogP contribution in [-0.2, 0) is 19.4 Å². The molecule has 0 aromatic carbocycles. The molecule has 2 fully saturated rings. The van der Waals surface area contributed by atoms with Crippen LogP contribution in [0, 0.1) is 0 Å². The summed E-state index contributed by atoms with van der Waals surface area (Å²) in [5, 5.41) is 0. The van der Waals surface area contributed by atoms with E-state index in [0.717, 1.165) is 39.0 Å². The number of aromatic nitrogens is 3. The van der Waals surface area contributed by atoms with E-state index in [2.05, 4.69) is 56.9 Å². The highest BCUT2D eigenvalue weighted by molar-refractivity contribution is 5.73. The molecular formula is C22H26N6. The summed E-state index contributed by atoms with van der Waals surface area (Å²) in [6.07, 6.45) is 11.4. The van der Waals surface area contributed by atoms with E-state index >= 15 is 0 Å². The van der Waals surface area contributed by atoms with E-state index < -0.39 is 0 Å². The summed E-state index contributed by atoms with van der Waals surface area (Å²) in [5.74, 6) is 1.17. The van der Waals surface area contributed by atoms with Gasteiger partial charge in [0.15, 0.2) is 0 Å². The summed E-state index contributed by atoms with van der Waals surface area (Å²) < 4.78 is 0. The lowest BCUT2D eigenvalue weighted by Crippen LogP contribution is -2.76. The van der Waals surface area contributed by atoms with Gasteiger partial charge < -0.3 is 14.7 Å². The van der Waals surface area contributed by atoms with Crippen molar-refractivity contribution >= 4 is 17.6 Å². The average Bonchev–Trinajstić information content (AvgIpc) is 3.13. The molecule has 0 N–H and O–H groups in total. The zero-order valence-corrected chi connectivity index (χ0v) is 16.6. The van der Waals surface area contributed by atoms with Crippen LogP contribution in [0.3, 0.4) is 0 Å². The van der Waals surface area contributed by atoms with Crippen molar-refractivity contribution < 1.29 is 0 Å². The molecule has 6 heteroatoms. The minimum absolute atomic E-state index is 0.311. The van der Waals surface area contributed by atoms with Crippen molar-refractivity contribution in [2.75, 3.05) is 36.5 Å². The Morgan fingerprint density at radius 3 is 2.82 bits per heavy atom. The van der Waals surface area contributed by atoms with Crippen molar-refractivity contribution in [3.8, 4) is 0 Å². The Hall–Kier alpha value is -2.47. The molecule has 2 aromatic rings. The first-order valence-corrected chi connectivity index (χ1v) is 10.3. The largest absolute Gasteiger partial charge is 0.363 e. The number of likely N-dealkylation sites (tertiary alicyclic amines) is 1. The molecule has 2 aromatic heterocycles. The molecule has 1 spiro atoms. The molecule has 1 atom stereocenters. The smallest absolute Gasteiger partial charge is 0.137 e. The molecule has 5 heterocycles. The highest BCUT2D eigenvalue weighted by Crippen LogP contribution is 2.44. The minimum Gasteiger partial charge on any atom is -0.363 e. The Labute approximate surface area is 165 Å². The van der Waals surface area contributed by atoms with Gasteiger partial charge in [-0.1, -0.05) is 12.2 Å². The summed E-state index contributed by atoms with van der Waals surface area (Å²) in [6.45, 7) is 6.59. The van der Waals surface area contributed by atoms with Crippen molar-refractivity contribution in [3.05, 3.63) is 47.2 Å². The minimum atomic E-state index is 0.311. The molecule has 2 saturated heterocycles. The molecule has 0 amide bonds. The third-order valence-electron chi connectivity index (χ3n) is 7.07. The fraction of sp³-hybridized carbons (Fsp3) is 0.500. The summed E-state index contributed by atoms with van der Waals surface area (Å²) >= 11 is 0. The van der Waals surface area contributed by atoms with Crippen LogP contribution in [-0.4, -0.2) is 58.1 Å². The van der Waals surface area contributed by atoms with E-state index in [9.17, 15) is 0 Å².